The lowest BCUT2D eigenvalue weighted by Crippen LogP contribution is -2.27. The number of hydrogen-bond acceptors (Lipinski definition) is 7. The number of carbonyl (C=O) groups is 1. The third-order valence-corrected chi connectivity index (χ3v) is 7.11. The number of carbonyl (C=O) groups excluding carboxylic acids is 1. The number of anilines is 1. The number of amides is 1. The molecule has 3 heterocycles. The Hall–Kier alpha value is -2.42. The summed E-state index contributed by atoms with van der Waals surface area (Å²) in [5, 5.41) is 3.24. The summed E-state index contributed by atoms with van der Waals surface area (Å²) in [4.78, 5) is 27.5. The molecule has 5 rings (SSSR count). The second kappa shape index (κ2) is 9.21. The lowest BCUT2D eigenvalue weighted by atomic mass is 9.94. The summed E-state index contributed by atoms with van der Waals surface area (Å²) < 4.78 is 5.68. The first-order chi connectivity index (χ1) is 15.6. The largest absolute Gasteiger partial charge is 0.372 e. The van der Waals surface area contributed by atoms with E-state index < -0.39 is 0 Å². The van der Waals surface area contributed by atoms with Crippen molar-refractivity contribution in [1.29, 1.82) is 0 Å². The van der Waals surface area contributed by atoms with Crippen molar-refractivity contribution in [2.24, 2.45) is 0 Å². The molecule has 1 aromatic heterocycles. The van der Waals surface area contributed by atoms with Gasteiger partial charge in [0.05, 0.1) is 18.2 Å². The quantitative estimate of drug-likeness (QED) is 0.421. The Balaban J connectivity index is 1.37. The molecule has 0 aliphatic carbocycles. The Bertz CT molecular complexity index is 1180. The number of hydrogen-bond donors (Lipinski definition) is 1. The SMILES string of the molecule is Nc1nc(SCCCC(=O)N2CCCC2)nc(-c2c(Cl)cc3c4c(cccc24)COC3)n1. The summed E-state index contributed by atoms with van der Waals surface area (Å²) in [5.74, 6) is 1.59. The van der Waals surface area contributed by atoms with Gasteiger partial charge < -0.3 is 15.4 Å². The maximum Gasteiger partial charge on any atom is 0.224 e. The van der Waals surface area contributed by atoms with Crippen LogP contribution in [0.2, 0.25) is 5.02 Å². The Kier molecular flexibility index (Phi) is 6.17. The molecule has 9 heteroatoms. The predicted octanol–water partition coefficient (Wildman–Crippen LogP) is 4.45. The molecule has 32 heavy (non-hydrogen) atoms. The number of thioether (sulfide) groups is 1. The molecule has 0 bridgehead atoms. The second-order valence-electron chi connectivity index (χ2n) is 8.06. The summed E-state index contributed by atoms with van der Waals surface area (Å²) in [6.07, 6.45) is 3.53. The van der Waals surface area contributed by atoms with E-state index >= 15 is 0 Å². The zero-order valence-electron chi connectivity index (χ0n) is 17.6. The van der Waals surface area contributed by atoms with Gasteiger partial charge >= 0.3 is 0 Å². The van der Waals surface area contributed by atoms with Gasteiger partial charge in [0.1, 0.15) is 0 Å². The highest BCUT2D eigenvalue weighted by atomic mass is 35.5. The molecule has 2 aliphatic rings. The van der Waals surface area contributed by atoms with Gasteiger partial charge in [-0.2, -0.15) is 9.97 Å². The number of halogens is 1. The van der Waals surface area contributed by atoms with E-state index in [2.05, 4.69) is 21.0 Å². The van der Waals surface area contributed by atoms with Crippen LogP contribution in [0.4, 0.5) is 5.95 Å². The second-order valence-corrected chi connectivity index (χ2v) is 9.53. The fourth-order valence-electron chi connectivity index (χ4n) is 4.41. The standard InChI is InChI=1S/C23H24ClN5O2S/c24-17-11-15-13-31-12-14-5-3-6-16(19(14)15)20(17)21-26-22(25)28-23(27-21)32-10-4-7-18(30)29-8-1-2-9-29/h3,5-6,11H,1-2,4,7-10,12-13H2,(H2,25,26,27,28). The van der Waals surface area contributed by atoms with E-state index in [1.165, 1.54) is 11.8 Å². The molecule has 2 N–H and O–H groups in total. The summed E-state index contributed by atoms with van der Waals surface area (Å²) in [7, 11) is 0. The van der Waals surface area contributed by atoms with Crippen molar-refractivity contribution >= 4 is 46.0 Å². The molecule has 0 radical (unpaired) electrons. The van der Waals surface area contributed by atoms with Gasteiger partial charge in [0.2, 0.25) is 11.9 Å². The normalized spacial score (nSPS) is 15.5. The fraction of sp³-hybridized carbons (Fsp3) is 0.391. The summed E-state index contributed by atoms with van der Waals surface area (Å²) in [6.45, 7) is 2.88. The third kappa shape index (κ3) is 4.27. The van der Waals surface area contributed by atoms with Crippen molar-refractivity contribution in [3.63, 3.8) is 0 Å². The van der Waals surface area contributed by atoms with Gasteiger partial charge in [0.25, 0.3) is 0 Å². The van der Waals surface area contributed by atoms with E-state index in [0.717, 1.165) is 65.6 Å². The van der Waals surface area contributed by atoms with Gasteiger partial charge in [-0.1, -0.05) is 41.6 Å². The number of nitrogen functional groups attached to an aromatic ring is 1. The van der Waals surface area contributed by atoms with E-state index in [9.17, 15) is 4.79 Å². The molecule has 2 aromatic carbocycles. The zero-order chi connectivity index (χ0) is 22.1. The zero-order valence-corrected chi connectivity index (χ0v) is 19.2. The molecule has 0 atom stereocenters. The molecule has 3 aromatic rings. The maximum absolute atomic E-state index is 12.2. The summed E-state index contributed by atoms with van der Waals surface area (Å²) in [6, 6.07) is 8.02. The number of nitrogens with zero attached hydrogens (tertiary/aromatic N) is 4. The van der Waals surface area contributed by atoms with Crippen LogP contribution in [-0.2, 0) is 22.7 Å². The number of nitrogens with two attached hydrogens (primary N) is 1. The van der Waals surface area contributed by atoms with Gasteiger partial charge in [0.15, 0.2) is 11.0 Å². The average molecular weight is 470 g/mol. The number of aromatic nitrogens is 3. The minimum atomic E-state index is 0.158. The first-order valence-corrected chi connectivity index (χ1v) is 12.2. The van der Waals surface area contributed by atoms with Crippen LogP contribution in [-0.4, -0.2) is 44.6 Å². The van der Waals surface area contributed by atoms with Crippen LogP contribution in [0.3, 0.4) is 0 Å². The van der Waals surface area contributed by atoms with Crippen molar-refractivity contribution in [1.82, 2.24) is 19.9 Å². The fourth-order valence-corrected chi connectivity index (χ4v) is 5.50. The van der Waals surface area contributed by atoms with Crippen LogP contribution < -0.4 is 5.73 Å². The molecule has 0 unspecified atom stereocenters. The van der Waals surface area contributed by atoms with Gasteiger partial charge in [-0.3, -0.25) is 4.79 Å². The topological polar surface area (TPSA) is 94.2 Å². The molecule has 166 valence electrons. The van der Waals surface area contributed by atoms with Gasteiger partial charge in [-0.15, -0.1) is 0 Å². The summed E-state index contributed by atoms with van der Waals surface area (Å²) >= 11 is 8.17. The van der Waals surface area contributed by atoms with Crippen molar-refractivity contribution in [2.75, 3.05) is 24.6 Å². The number of benzene rings is 2. The van der Waals surface area contributed by atoms with E-state index in [0.29, 0.717) is 35.6 Å². The van der Waals surface area contributed by atoms with E-state index in [-0.39, 0.29) is 11.9 Å². The first-order valence-electron chi connectivity index (χ1n) is 10.8. The molecule has 1 amide bonds. The maximum atomic E-state index is 12.2. The van der Waals surface area contributed by atoms with Gasteiger partial charge in [-0.05, 0) is 47.2 Å². The van der Waals surface area contributed by atoms with Crippen LogP contribution in [0.1, 0.15) is 36.8 Å². The van der Waals surface area contributed by atoms with Crippen LogP contribution in [0.15, 0.2) is 29.4 Å². The summed E-state index contributed by atoms with van der Waals surface area (Å²) in [5.41, 5.74) is 8.97. The highest BCUT2D eigenvalue weighted by Crippen LogP contribution is 2.39. The van der Waals surface area contributed by atoms with Crippen LogP contribution in [0, 0.1) is 0 Å². The van der Waals surface area contributed by atoms with E-state index in [1.807, 2.05) is 23.1 Å². The highest BCUT2D eigenvalue weighted by Gasteiger charge is 2.21. The average Bonchev–Trinajstić information content (AvgIpc) is 3.32. The Morgan fingerprint density at radius 2 is 1.97 bits per heavy atom. The smallest absolute Gasteiger partial charge is 0.224 e. The van der Waals surface area contributed by atoms with Crippen molar-refractivity contribution in [3.05, 3.63) is 40.4 Å². The monoisotopic (exact) mass is 469 g/mol. The highest BCUT2D eigenvalue weighted by molar-refractivity contribution is 7.99. The third-order valence-electron chi connectivity index (χ3n) is 5.88. The van der Waals surface area contributed by atoms with Crippen molar-refractivity contribution in [3.8, 4) is 11.4 Å². The predicted molar refractivity (Wildman–Crippen MR) is 126 cm³/mol. The van der Waals surface area contributed by atoms with Crippen LogP contribution >= 0.6 is 23.4 Å². The minimum absolute atomic E-state index is 0.158. The van der Waals surface area contributed by atoms with Crippen molar-refractivity contribution < 1.29 is 9.53 Å². The Morgan fingerprint density at radius 3 is 2.81 bits per heavy atom. The lowest BCUT2D eigenvalue weighted by Gasteiger charge is -2.20. The molecule has 0 spiro atoms. The lowest BCUT2D eigenvalue weighted by molar-refractivity contribution is -0.130. The molecule has 7 nitrogen and oxygen atoms in total. The molecule has 1 fully saturated rings. The van der Waals surface area contributed by atoms with Crippen molar-refractivity contribution in [2.45, 2.75) is 44.1 Å². The molecule has 1 saturated heterocycles. The molecule has 2 aliphatic heterocycles. The van der Waals surface area contributed by atoms with Gasteiger partial charge in [0, 0.05) is 30.8 Å². The Labute approximate surface area is 195 Å². The van der Waals surface area contributed by atoms with Gasteiger partial charge in [-0.25, -0.2) is 4.98 Å². The number of rotatable bonds is 6. The van der Waals surface area contributed by atoms with Crippen LogP contribution in [0.25, 0.3) is 22.2 Å². The molecular formula is C23H24ClN5O2S. The number of likely N-dealkylation sites (tertiary alicyclic amines) is 1. The van der Waals surface area contributed by atoms with E-state index in [1.54, 1.807) is 0 Å². The molecule has 0 saturated carbocycles. The first kappa shape index (κ1) is 21.4. The Morgan fingerprint density at radius 1 is 1.16 bits per heavy atom. The minimum Gasteiger partial charge on any atom is -0.372 e. The number of ether oxygens (including phenoxy) is 1. The van der Waals surface area contributed by atoms with Crippen LogP contribution in [0.5, 0.6) is 0 Å². The molecular weight excluding hydrogens is 446 g/mol. The van der Waals surface area contributed by atoms with E-state index in [4.69, 9.17) is 22.1 Å².